The molecule has 2 aromatic rings. The lowest BCUT2D eigenvalue weighted by molar-refractivity contribution is 1.18. The largest absolute Gasteiger partial charge is 0.384 e. The summed E-state index contributed by atoms with van der Waals surface area (Å²) >= 11 is 9.39. The van der Waals surface area contributed by atoms with Gasteiger partial charge in [-0.25, -0.2) is 9.97 Å². The first-order valence-electron chi connectivity index (χ1n) is 4.45. The van der Waals surface area contributed by atoms with E-state index in [0.717, 1.165) is 10.2 Å². The number of rotatable bonds is 2. The molecule has 0 saturated carbocycles. The molecule has 0 spiro atoms. The summed E-state index contributed by atoms with van der Waals surface area (Å²) in [5.74, 6) is 1.02. The van der Waals surface area contributed by atoms with Crippen molar-refractivity contribution in [3.05, 3.63) is 40.1 Å². The Hall–Kier alpha value is -1.33. The van der Waals surface area contributed by atoms with E-state index in [0.29, 0.717) is 16.7 Å². The number of hydrogen-bond acceptors (Lipinski definition) is 4. The van der Waals surface area contributed by atoms with E-state index in [2.05, 4.69) is 31.2 Å². The molecule has 4 nitrogen and oxygen atoms in total. The van der Waals surface area contributed by atoms with Crippen LogP contribution in [0, 0.1) is 0 Å². The van der Waals surface area contributed by atoms with E-state index < -0.39 is 0 Å². The van der Waals surface area contributed by atoms with Crippen LogP contribution in [0.2, 0.25) is 5.02 Å². The molecule has 2 rings (SSSR count). The predicted molar refractivity (Wildman–Crippen MR) is 68.9 cm³/mol. The summed E-state index contributed by atoms with van der Waals surface area (Å²) in [4.78, 5) is 7.83. The van der Waals surface area contributed by atoms with E-state index >= 15 is 0 Å². The van der Waals surface area contributed by atoms with Crippen LogP contribution in [0.25, 0.3) is 0 Å². The first-order valence-corrected chi connectivity index (χ1v) is 5.62. The molecular formula is C10H8BrClN4. The lowest BCUT2D eigenvalue weighted by atomic mass is 10.3. The van der Waals surface area contributed by atoms with Gasteiger partial charge < -0.3 is 11.1 Å². The molecular weight excluding hydrogens is 291 g/mol. The molecule has 3 N–H and O–H groups in total. The van der Waals surface area contributed by atoms with E-state index in [1.807, 2.05) is 12.1 Å². The lowest BCUT2D eigenvalue weighted by Gasteiger charge is -2.07. The molecule has 0 bridgehead atoms. The molecule has 0 aliphatic rings. The van der Waals surface area contributed by atoms with Gasteiger partial charge in [0.1, 0.15) is 18.0 Å². The molecule has 6 heteroatoms. The van der Waals surface area contributed by atoms with Crippen molar-refractivity contribution < 1.29 is 0 Å². The fourth-order valence-electron chi connectivity index (χ4n) is 1.17. The minimum Gasteiger partial charge on any atom is -0.384 e. The summed E-state index contributed by atoms with van der Waals surface area (Å²) in [6.45, 7) is 0. The van der Waals surface area contributed by atoms with Crippen molar-refractivity contribution in [3.8, 4) is 0 Å². The Morgan fingerprint density at radius 3 is 2.75 bits per heavy atom. The van der Waals surface area contributed by atoms with Crippen molar-refractivity contribution in [2.45, 2.75) is 0 Å². The Morgan fingerprint density at radius 1 is 1.25 bits per heavy atom. The number of halogens is 2. The van der Waals surface area contributed by atoms with E-state index in [-0.39, 0.29) is 0 Å². The van der Waals surface area contributed by atoms with Gasteiger partial charge in [-0.2, -0.15) is 0 Å². The summed E-state index contributed by atoms with van der Waals surface area (Å²) in [7, 11) is 0. The van der Waals surface area contributed by atoms with Crippen LogP contribution in [-0.4, -0.2) is 9.97 Å². The number of hydrogen-bond donors (Lipinski definition) is 2. The zero-order valence-electron chi connectivity index (χ0n) is 8.11. The maximum absolute atomic E-state index is 6.05. The number of nitrogens with one attached hydrogen (secondary N) is 1. The second-order valence-corrected chi connectivity index (χ2v) is 4.40. The summed E-state index contributed by atoms with van der Waals surface area (Å²) in [5, 5.41) is 3.66. The topological polar surface area (TPSA) is 63.8 Å². The molecule has 0 radical (unpaired) electrons. The quantitative estimate of drug-likeness (QED) is 0.893. The highest BCUT2D eigenvalue weighted by Crippen LogP contribution is 2.27. The molecule has 0 aliphatic carbocycles. The highest BCUT2D eigenvalue weighted by atomic mass is 79.9. The van der Waals surface area contributed by atoms with Gasteiger partial charge in [0.2, 0.25) is 0 Å². The van der Waals surface area contributed by atoms with Gasteiger partial charge in [-0.15, -0.1) is 0 Å². The first-order chi connectivity index (χ1) is 7.65. The van der Waals surface area contributed by atoms with Gasteiger partial charge in [0.15, 0.2) is 0 Å². The normalized spacial score (nSPS) is 10.1. The van der Waals surface area contributed by atoms with Crippen molar-refractivity contribution in [2.75, 3.05) is 11.1 Å². The molecule has 0 saturated heterocycles. The minimum atomic E-state index is 0.408. The fraction of sp³-hybridized carbons (Fsp3) is 0. The van der Waals surface area contributed by atoms with Crippen LogP contribution < -0.4 is 11.1 Å². The second kappa shape index (κ2) is 4.67. The Balaban J connectivity index is 2.27. The SMILES string of the molecule is Nc1cc(Nc2ccc(Br)cc2Cl)ncn1. The van der Waals surface area contributed by atoms with E-state index in [1.54, 1.807) is 12.1 Å². The smallest absolute Gasteiger partial charge is 0.135 e. The van der Waals surface area contributed by atoms with Crippen molar-refractivity contribution in [1.29, 1.82) is 0 Å². The molecule has 1 aromatic heterocycles. The summed E-state index contributed by atoms with van der Waals surface area (Å²) < 4.78 is 0.922. The monoisotopic (exact) mass is 298 g/mol. The number of nitrogen functional groups attached to an aromatic ring is 1. The average molecular weight is 300 g/mol. The number of anilines is 3. The van der Waals surface area contributed by atoms with Gasteiger partial charge in [-0.1, -0.05) is 27.5 Å². The maximum Gasteiger partial charge on any atom is 0.135 e. The van der Waals surface area contributed by atoms with E-state index in [1.165, 1.54) is 6.33 Å². The van der Waals surface area contributed by atoms with Gasteiger partial charge in [0.05, 0.1) is 10.7 Å². The Labute approximate surface area is 106 Å². The van der Waals surface area contributed by atoms with Crippen LogP contribution in [0.5, 0.6) is 0 Å². The third kappa shape index (κ3) is 2.62. The minimum absolute atomic E-state index is 0.408. The molecule has 0 amide bonds. The van der Waals surface area contributed by atoms with Gasteiger partial charge in [0.25, 0.3) is 0 Å². The lowest BCUT2D eigenvalue weighted by Crippen LogP contribution is -1.97. The molecule has 0 unspecified atom stereocenters. The molecule has 0 aliphatic heterocycles. The van der Waals surface area contributed by atoms with Crippen LogP contribution in [0.1, 0.15) is 0 Å². The maximum atomic E-state index is 6.05. The van der Waals surface area contributed by atoms with Gasteiger partial charge in [-0.3, -0.25) is 0 Å². The van der Waals surface area contributed by atoms with Crippen molar-refractivity contribution >= 4 is 44.9 Å². The molecule has 0 fully saturated rings. The summed E-state index contributed by atoms with van der Waals surface area (Å²) in [6.07, 6.45) is 1.39. The number of benzene rings is 1. The standard InChI is InChI=1S/C10H8BrClN4/c11-6-1-2-8(7(12)3-6)16-10-4-9(13)14-5-15-10/h1-5H,(H3,13,14,15,16). The number of aromatic nitrogens is 2. The van der Waals surface area contributed by atoms with Crippen LogP contribution >= 0.6 is 27.5 Å². The van der Waals surface area contributed by atoms with Crippen molar-refractivity contribution in [3.63, 3.8) is 0 Å². The van der Waals surface area contributed by atoms with Crippen LogP contribution in [0.15, 0.2) is 35.1 Å². The van der Waals surface area contributed by atoms with E-state index in [9.17, 15) is 0 Å². The Bertz CT molecular complexity index is 518. The molecule has 1 heterocycles. The van der Waals surface area contributed by atoms with E-state index in [4.69, 9.17) is 17.3 Å². The highest BCUT2D eigenvalue weighted by Gasteiger charge is 2.02. The predicted octanol–water partition coefficient (Wildman–Crippen LogP) is 3.22. The van der Waals surface area contributed by atoms with Crippen LogP contribution in [-0.2, 0) is 0 Å². The molecule has 1 aromatic carbocycles. The van der Waals surface area contributed by atoms with Gasteiger partial charge in [-0.05, 0) is 18.2 Å². The molecule has 16 heavy (non-hydrogen) atoms. The first kappa shape index (κ1) is 11.2. The highest BCUT2D eigenvalue weighted by molar-refractivity contribution is 9.10. The summed E-state index contributed by atoms with van der Waals surface area (Å²) in [5.41, 5.74) is 6.31. The third-order valence-corrected chi connectivity index (χ3v) is 2.69. The average Bonchev–Trinajstić information content (AvgIpc) is 2.22. The third-order valence-electron chi connectivity index (χ3n) is 1.88. The van der Waals surface area contributed by atoms with Crippen LogP contribution in [0.4, 0.5) is 17.3 Å². The second-order valence-electron chi connectivity index (χ2n) is 3.08. The molecule has 0 atom stereocenters. The van der Waals surface area contributed by atoms with Crippen molar-refractivity contribution in [1.82, 2.24) is 9.97 Å². The van der Waals surface area contributed by atoms with Gasteiger partial charge in [0, 0.05) is 10.5 Å². The zero-order chi connectivity index (χ0) is 11.5. The Kier molecular flexibility index (Phi) is 3.26. The number of nitrogens with two attached hydrogens (primary N) is 1. The van der Waals surface area contributed by atoms with Crippen LogP contribution in [0.3, 0.4) is 0 Å². The van der Waals surface area contributed by atoms with Gasteiger partial charge >= 0.3 is 0 Å². The molecule has 82 valence electrons. The fourth-order valence-corrected chi connectivity index (χ4v) is 1.89. The summed E-state index contributed by atoms with van der Waals surface area (Å²) in [6, 6.07) is 7.18. The zero-order valence-corrected chi connectivity index (χ0v) is 10.5. The number of nitrogens with zero attached hydrogens (tertiary/aromatic N) is 2. The van der Waals surface area contributed by atoms with Crippen molar-refractivity contribution in [2.24, 2.45) is 0 Å². The Morgan fingerprint density at radius 2 is 2.06 bits per heavy atom.